The second-order valence-corrected chi connectivity index (χ2v) is 4.61. The van der Waals surface area contributed by atoms with E-state index >= 15 is 0 Å². The summed E-state index contributed by atoms with van der Waals surface area (Å²) in [7, 11) is 2.95. The molecule has 0 fully saturated rings. The van der Waals surface area contributed by atoms with E-state index in [1.807, 2.05) is 25.1 Å². The lowest BCUT2D eigenvalue weighted by Crippen LogP contribution is -1.94. The van der Waals surface area contributed by atoms with Gasteiger partial charge in [0.05, 0.1) is 0 Å². The van der Waals surface area contributed by atoms with Crippen LogP contribution in [-0.4, -0.2) is 15.5 Å². The second kappa shape index (κ2) is 5.45. The van der Waals surface area contributed by atoms with Gasteiger partial charge in [-0.3, -0.25) is 0 Å². The molecule has 1 heterocycles. The standard InChI is InChI=1S/C8H11NOS2/c1-2-8(10)12-11-7-5-3-4-6-9-7/h3-6,8,10H,2H2,1H3. The van der Waals surface area contributed by atoms with E-state index < -0.39 is 0 Å². The molecule has 0 amide bonds. The van der Waals surface area contributed by atoms with Gasteiger partial charge in [0.15, 0.2) is 0 Å². The number of hydrogen-bond donors (Lipinski definition) is 1. The highest BCUT2D eigenvalue weighted by Crippen LogP contribution is 2.32. The van der Waals surface area contributed by atoms with Crippen LogP contribution >= 0.6 is 21.6 Å². The molecule has 0 saturated carbocycles. The zero-order chi connectivity index (χ0) is 8.81. The number of aromatic nitrogens is 1. The molecular weight excluding hydrogens is 190 g/mol. The average molecular weight is 201 g/mol. The van der Waals surface area contributed by atoms with Crippen LogP contribution in [0.15, 0.2) is 29.4 Å². The van der Waals surface area contributed by atoms with Crippen LogP contribution in [0.1, 0.15) is 13.3 Å². The second-order valence-electron chi connectivity index (χ2n) is 2.21. The monoisotopic (exact) mass is 201 g/mol. The topological polar surface area (TPSA) is 33.1 Å². The van der Waals surface area contributed by atoms with Crippen molar-refractivity contribution in [2.24, 2.45) is 0 Å². The van der Waals surface area contributed by atoms with E-state index in [0.717, 1.165) is 11.4 Å². The maximum absolute atomic E-state index is 9.23. The zero-order valence-corrected chi connectivity index (χ0v) is 8.44. The summed E-state index contributed by atoms with van der Waals surface area (Å²) in [6, 6.07) is 5.75. The molecule has 1 unspecified atom stereocenters. The van der Waals surface area contributed by atoms with Gasteiger partial charge in [0.25, 0.3) is 0 Å². The van der Waals surface area contributed by atoms with Crippen LogP contribution in [-0.2, 0) is 0 Å². The number of pyridine rings is 1. The molecule has 12 heavy (non-hydrogen) atoms. The molecule has 1 N–H and O–H groups in total. The molecule has 0 aliphatic rings. The Morgan fingerprint density at radius 3 is 3.00 bits per heavy atom. The third-order valence-corrected chi connectivity index (χ3v) is 3.76. The van der Waals surface area contributed by atoms with Crippen LogP contribution in [0.3, 0.4) is 0 Å². The predicted molar refractivity (Wildman–Crippen MR) is 54.0 cm³/mol. The van der Waals surface area contributed by atoms with E-state index in [1.54, 1.807) is 6.20 Å². The molecule has 1 aromatic rings. The van der Waals surface area contributed by atoms with Crippen molar-refractivity contribution in [3.63, 3.8) is 0 Å². The molecule has 0 radical (unpaired) electrons. The molecule has 1 rings (SSSR count). The Labute approximate surface area is 80.2 Å². The van der Waals surface area contributed by atoms with Gasteiger partial charge in [-0.05, 0) is 29.3 Å². The van der Waals surface area contributed by atoms with Crippen molar-refractivity contribution in [1.29, 1.82) is 0 Å². The van der Waals surface area contributed by atoms with Crippen molar-refractivity contribution >= 4 is 21.6 Å². The number of aliphatic hydroxyl groups excluding tert-OH is 1. The first-order chi connectivity index (χ1) is 5.83. The van der Waals surface area contributed by atoms with Crippen LogP contribution in [0.2, 0.25) is 0 Å². The van der Waals surface area contributed by atoms with Crippen molar-refractivity contribution in [2.75, 3.05) is 0 Å². The van der Waals surface area contributed by atoms with E-state index in [-0.39, 0.29) is 5.44 Å². The van der Waals surface area contributed by atoms with Gasteiger partial charge in [0.2, 0.25) is 0 Å². The molecule has 0 saturated heterocycles. The van der Waals surface area contributed by atoms with Gasteiger partial charge in [-0.1, -0.05) is 23.8 Å². The van der Waals surface area contributed by atoms with Crippen molar-refractivity contribution in [3.05, 3.63) is 24.4 Å². The number of hydrogen-bond acceptors (Lipinski definition) is 4. The lowest BCUT2D eigenvalue weighted by Gasteiger charge is -2.04. The Balaban J connectivity index is 2.33. The molecule has 0 aliphatic heterocycles. The van der Waals surface area contributed by atoms with E-state index in [9.17, 15) is 5.11 Å². The van der Waals surface area contributed by atoms with E-state index in [1.165, 1.54) is 21.6 Å². The van der Waals surface area contributed by atoms with Gasteiger partial charge in [-0.2, -0.15) is 0 Å². The lowest BCUT2D eigenvalue weighted by atomic mass is 10.5. The molecule has 1 atom stereocenters. The highest BCUT2D eigenvalue weighted by atomic mass is 33.1. The molecule has 4 heteroatoms. The fourth-order valence-electron chi connectivity index (χ4n) is 0.569. The van der Waals surface area contributed by atoms with E-state index in [0.29, 0.717) is 0 Å². The smallest absolute Gasteiger partial charge is 0.109 e. The Morgan fingerprint density at radius 2 is 2.42 bits per heavy atom. The first-order valence-electron chi connectivity index (χ1n) is 3.75. The summed E-state index contributed by atoms with van der Waals surface area (Å²) in [6.07, 6.45) is 2.52. The van der Waals surface area contributed by atoms with Crippen LogP contribution in [0.5, 0.6) is 0 Å². The van der Waals surface area contributed by atoms with E-state index in [4.69, 9.17) is 0 Å². The molecule has 0 aromatic carbocycles. The Bertz CT molecular complexity index is 218. The van der Waals surface area contributed by atoms with Crippen molar-refractivity contribution in [3.8, 4) is 0 Å². The third-order valence-electron chi connectivity index (χ3n) is 1.23. The SMILES string of the molecule is CCC(O)SSc1ccccn1. The van der Waals surface area contributed by atoms with Crippen molar-refractivity contribution in [1.82, 2.24) is 4.98 Å². The summed E-state index contributed by atoms with van der Waals surface area (Å²) in [6.45, 7) is 1.96. The van der Waals surface area contributed by atoms with Crippen LogP contribution in [0.25, 0.3) is 0 Å². The molecule has 0 bridgehead atoms. The van der Waals surface area contributed by atoms with E-state index in [2.05, 4.69) is 4.98 Å². The van der Waals surface area contributed by atoms with Gasteiger partial charge < -0.3 is 5.11 Å². The van der Waals surface area contributed by atoms with Gasteiger partial charge in [0, 0.05) is 6.20 Å². The predicted octanol–water partition coefficient (Wildman–Crippen LogP) is 2.55. The summed E-state index contributed by atoms with van der Waals surface area (Å²) < 4.78 is 0. The van der Waals surface area contributed by atoms with Gasteiger partial charge in [-0.15, -0.1) is 0 Å². The first-order valence-corrected chi connectivity index (χ1v) is 5.96. The summed E-state index contributed by atoms with van der Waals surface area (Å²) in [5.74, 6) is 0. The molecule has 1 aromatic heterocycles. The number of rotatable bonds is 4. The highest BCUT2D eigenvalue weighted by molar-refractivity contribution is 8.76. The van der Waals surface area contributed by atoms with Crippen LogP contribution < -0.4 is 0 Å². The highest BCUT2D eigenvalue weighted by Gasteiger charge is 2.02. The maximum atomic E-state index is 9.23. The lowest BCUT2D eigenvalue weighted by molar-refractivity contribution is 0.261. The fraction of sp³-hybridized carbons (Fsp3) is 0.375. The third kappa shape index (κ3) is 3.47. The number of nitrogens with zero attached hydrogens (tertiary/aromatic N) is 1. The minimum Gasteiger partial charge on any atom is -0.382 e. The average Bonchev–Trinajstić information content (AvgIpc) is 2.16. The minimum absolute atomic E-state index is 0.294. The summed E-state index contributed by atoms with van der Waals surface area (Å²) in [5, 5.41) is 10.2. The fourth-order valence-corrected chi connectivity index (χ4v) is 2.49. The summed E-state index contributed by atoms with van der Waals surface area (Å²) >= 11 is 0. The summed E-state index contributed by atoms with van der Waals surface area (Å²) in [4.78, 5) is 4.12. The van der Waals surface area contributed by atoms with Gasteiger partial charge in [-0.25, -0.2) is 4.98 Å². The normalized spacial score (nSPS) is 12.8. The Hall–Kier alpha value is -0.190. The maximum Gasteiger partial charge on any atom is 0.109 e. The Morgan fingerprint density at radius 1 is 1.58 bits per heavy atom. The summed E-state index contributed by atoms with van der Waals surface area (Å²) in [5.41, 5.74) is -0.294. The van der Waals surface area contributed by atoms with Gasteiger partial charge in [0.1, 0.15) is 10.5 Å². The molecular formula is C8H11NOS2. The van der Waals surface area contributed by atoms with Crippen LogP contribution in [0, 0.1) is 0 Å². The zero-order valence-electron chi connectivity index (χ0n) is 6.80. The molecule has 66 valence electrons. The molecule has 0 spiro atoms. The molecule has 0 aliphatic carbocycles. The van der Waals surface area contributed by atoms with Gasteiger partial charge >= 0.3 is 0 Å². The Kier molecular flexibility index (Phi) is 4.50. The quantitative estimate of drug-likeness (QED) is 0.599. The van der Waals surface area contributed by atoms with Crippen molar-refractivity contribution < 1.29 is 5.11 Å². The molecule has 2 nitrogen and oxygen atoms in total. The number of aliphatic hydroxyl groups is 1. The van der Waals surface area contributed by atoms with Crippen molar-refractivity contribution in [2.45, 2.75) is 23.8 Å². The van der Waals surface area contributed by atoms with Crippen LogP contribution in [0.4, 0.5) is 0 Å². The minimum atomic E-state index is -0.294. The first kappa shape index (κ1) is 9.89. The largest absolute Gasteiger partial charge is 0.382 e.